The van der Waals surface area contributed by atoms with Gasteiger partial charge in [0.1, 0.15) is 0 Å². The summed E-state index contributed by atoms with van der Waals surface area (Å²) >= 11 is 0. The van der Waals surface area contributed by atoms with Gasteiger partial charge in [-0.1, -0.05) is 13.8 Å². The van der Waals surface area contributed by atoms with Crippen molar-refractivity contribution < 1.29 is 23.1 Å². The van der Waals surface area contributed by atoms with E-state index in [9.17, 15) is 18.0 Å². The van der Waals surface area contributed by atoms with Crippen LogP contribution < -0.4 is 10.6 Å². The molecule has 7 nitrogen and oxygen atoms in total. The van der Waals surface area contributed by atoms with Gasteiger partial charge in [0.25, 0.3) is 0 Å². The van der Waals surface area contributed by atoms with Crippen LogP contribution in [0.1, 0.15) is 33.6 Å². The molecular formula is C13H24N2O5S. The number of amides is 2. The molecule has 1 saturated heterocycles. The second-order valence-electron chi connectivity index (χ2n) is 6.40. The maximum Gasteiger partial charge on any atom is 0.315 e. The van der Waals surface area contributed by atoms with Crippen LogP contribution in [0.3, 0.4) is 0 Å². The average molecular weight is 320 g/mol. The molecule has 0 aromatic heterocycles. The third kappa shape index (κ3) is 5.91. The number of nitrogens with one attached hydrogen (secondary N) is 2. The van der Waals surface area contributed by atoms with Gasteiger partial charge in [-0.05, 0) is 25.7 Å². The summed E-state index contributed by atoms with van der Waals surface area (Å²) < 4.78 is 22.9. The van der Waals surface area contributed by atoms with E-state index in [0.29, 0.717) is 12.8 Å². The summed E-state index contributed by atoms with van der Waals surface area (Å²) in [5.74, 6) is -1.39. The molecule has 0 saturated carbocycles. The average Bonchev–Trinajstić information content (AvgIpc) is 2.57. The maximum absolute atomic E-state index is 11.8. The summed E-state index contributed by atoms with van der Waals surface area (Å²) in [4.78, 5) is 22.9. The van der Waals surface area contributed by atoms with E-state index in [1.807, 2.05) is 13.8 Å². The Kier molecular flexibility index (Phi) is 5.61. The standard InChI is InChI=1S/C13H24N2O5S/c1-9(2)6-10(11(16)17)7-14-12(18)15-13(3)4-5-21(19,20)8-13/h9-10H,4-8H2,1-3H3,(H,16,17)(H2,14,15,18). The zero-order chi connectivity index (χ0) is 16.3. The zero-order valence-corrected chi connectivity index (χ0v) is 13.5. The van der Waals surface area contributed by atoms with Gasteiger partial charge in [0.05, 0.1) is 23.0 Å². The SMILES string of the molecule is CC(C)CC(CNC(=O)NC1(C)CCS(=O)(=O)C1)C(=O)O. The number of sulfone groups is 1. The van der Waals surface area contributed by atoms with Crippen molar-refractivity contribution in [1.82, 2.24) is 10.6 Å². The van der Waals surface area contributed by atoms with E-state index in [4.69, 9.17) is 5.11 Å². The van der Waals surface area contributed by atoms with Crippen molar-refractivity contribution in [3.63, 3.8) is 0 Å². The number of urea groups is 1. The molecule has 0 radical (unpaired) electrons. The first-order valence-electron chi connectivity index (χ1n) is 7.02. The molecule has 1 aliphatic rings. The van der Waals surface area contributed by atoms with Crippen molar-refractivity contribution in [1.29, 1.82) is 0 Å². The van der Waals surface area contributed by atoms with Gasteiger partial charge >= 0.3 is 12.0 Å². The molecule has 1 heterocycles. The maximum atomic E-state index is 11.8. The number of carbonyl (C=O) groups is 2. The van der Waals surface area contributed by atoms with Crippen LogP contribution >= 0.6 is 0 Å². The molecular weight excluding hydrogens is 296 g/mol. The van der Waals surface area contributed by atoms with Crippen molar-refractivity contribution in [3.8, 4) is 0 Å². The van der Waals surface area contributed by atoms with Gasteiger partial charge in [-0.2, -0.15) is 0 Å². The molecule has 0 spiro atoms. The topological polar surface area (TPSA) is 113 Å². The lowest BCUT2D eigenvalue weighted by Gasteiger charge is -2.24. The molecule has 2 atom stereocenters. The predicted octanol–water partition coefficient (Wildman–Crippen LogP) is 0.610. The highest BCUT2D eigenvalue weighted by Gasteiger charge is 2.39. The van der Waals surface area contributed by atoms with Gasteiger partial charge in [0, 0.05) is 6.54 Å². The van der Waals surface area contributed by atoms with Crippen LogP contribution in [-0.4, -0.2) is 49.1 Å². The minimum atomic E-state index is -3.10. The highest BCUT2D eigenvalue weighted by Crippen LogP contribution is 2.22. The molecule has 21 heavy (non-hydrogen) atoms. The van der Waals surface area contributed by atoms with Crippen LogP contribution in [0.15, 0.2) is 0 Å². The van der Waals surface area contributed by atoms with Crippen molar-refractivity contribution in [3.05, 3.63) is 0 Å². The summed E-state index contributed by atoms with van der Waals surface area (Å²) in [5.41, 5.74) is -0.778. The molecule has 122 valence electrons. The molecule has 8 heteroatoms. The molecule has 3 N–H and O–H groups in total. The van der Waals surface area contributed by atoms with Crippen molar-refractivity contribution in [2.75, 3.05) is 18.1 Å². The molecule has 0 bridgehead atoms. The third-order valence-corrected chi connectivity index (χ3v) is 5.44. The van der Waals surface area contributed by atoms with E-state index < -0.39 is 33.3 Å². The predicted molar refractivity (Wildman–Crippen MR) is 78.8 cm³/mol. The van der Waals surface area contributed by atoms with Gasteiger partial charge < -0.3 is 15.7 Å². The van der Waals surface area contributed by atoms with E-state index in [0.717, 1.165) is 0 Å². The lowest BCUT2D eigenvalue weighted by molar-refractivity contribution is -0.142. The van der Waals surface area contributed by atoms with Gasteiger partial charge in [0.15, 0.2) is 9.84 Å². The van der Waals surface area contributed by atoms with Crippen LogP contribution in [0.5, 0.6) is 0 Å². The Morgan fingerprint density at radius 1 is 1.33 bits per heavy atom. The number of aliphatic carboxylic acids is 1. The fourth-order valence-corrected chi connectivity index (χ4v) is 4.58. The number of carboxylic acids is 1. The lowest BCUT2D eigenvalue weighted by Crippen LogP contribution is -2.52. The molecule has 2 unspecified atom stereocenters. The Hall–Kier alpha value is -1.31. The van der Waals surface area contributed by atoms with E-state index in [1.54, 1.807) is 6.92 Å². The van der Waals surface area contributed by atoms with Crippen LogP contribution in [0, 0.1) is 11.8 Å². The Labute approximate surface area is 125 Å². The summed E-state index contributed by atoms with van der Waals surface area (Å²) in [6.07, 6.45) is 0.846. The van der Waals surface area contributed by atoms with E-state index in [1.165, 1.54) is 0 Å². The number of rotatable bonds is 6. The van der Waals surface area contributed by atoms with E-state index in [2.05, 4.69) is 10.6 Å². The molecule has 1 fully saturated rings. The fraction of sp³-hybridized carbons (Fsp3) is 0.846. The second kappa shape index (κ2) is 6.64. The first-order valence-corrected chi connectivity index (χ1v) is 8.84. The summed E-state index contributed by atoms with van der Waals surface area (Å²) in [6, 6.07) is -0.524. The van der Waals surface area contributed by atoms with Gasteiger partial charge in [0.2, 0.25) is 0 Å². The van der Waals surface area contributed by atoms with Crippen LogP contribution in [-0.2, 0) is 14.6 Å². The summed E-state index contributed by atoms with van der Waals surface area (Å²) in [6.45, 7) is 5.54. The van der Waals surface area contributed by atoms with Crippen LogP contribution in [0.2, 0.25) is 0 Å². The van der Waals surface area contributed by atoms with Crippen LogP contribution in [0.25, 0.3) is 0 Å². The molecule has 1 aliphatic heterocycles. The highest BCUT2D eigenvalue weighted by atomic mass is 32.2. The van der Waals surface area contributed by atoms with E-state index in [-0.39, 0.29) is 24.0 Å². The Bertz CT molecular complexity index is 503. The Balaban J connectivity index is 2.48. The molecule has 1 rings (SSSR count). The molecule has 0 aliphatic carbocycles. The zero-order valence-electron chi connectivity index (χ0n) is 12.7. The van der Waals surface area contributed by atoms with Gasteiger partial charge in [-0.25, -0.2) is 13.2 Å². The minimum absolute atomic E-state index is 0.0299. The minimum Gasteiger partial charge on any atom is -0.481 e. The van der Waals surface area contributed by atoms with E-state index >= 15 is 0 Å². The highest BCUT2D eigenvalue weighted by molar-refractivity contribution is 7.91. The van der Waals surface area contributed by atoms with Crippen molar-refractivity contribution in [2.24, 2.45) is 11.8 Å². The van der Waals surface area contributed by atoms with Crippen molar-refractivity contribution in [2.45, 2.75) is 39.2 Å². The summed E-state index contributed by atoms with van der Waals surface area (Å²) in [7, 11) is -3.10. The summed E-state index contributed by atoms with van der Waals surface area (Å²) in [5, 5.41) is 14.2. The molecule has 0 aromatic carbocycles. The normalized spacial score (nSPS) is 25.5. The second-order valence-corrected chi connectivity index (χ2v) is 8.59. The number of carboxylic acid groups (broad SMARTS) is 1. The van der Waals surface area contributed by atoms with Crippen LogP contribution in [0.4, 0.5) is 4.79 Å². The monoisotopic (exact) mass is 320 g/mol. The number of hydrogen-bond acceptors (Lipinski definition) is 4. The number of carbonyl (C=O) groups excluding carboxylic acids is 1. The molecule has 2 amide bonds. The van der Waals surface area contributed by atoms with Gasteiger partial charge in [-0.3, -0.25) is 4.79 Å². The first-order chi connectivity index (χ1) is 9.53. The third-order valence-electron chi connectivity index (χ3n) is 3.53. The Morgan fingerprint density at radius 2 is 1.95 bits per heavy atom. The van der Waals surface area contributed by atoms with Crippen molar-refractivity contribution >= 4 is 21.8 Å². The first kappa shape index (κ1) is 17.7. The number of hydrogen-bond donors (Lipinski definition) is 3. The molecule has 0 aromatic rings. The Morgan fingerprint density at radius 3 is 2.38 bits per heavy atom. The quantitative estimate of drug-likeness (QED) is 0.664. The smallest absolute Gasteiger partial charge is 0.315 e. The lowest BCUT2D eigenvalue weighted by atomic mass is 9.97. The fourth-order valence-electron chi connectivity index (χ4n) is 2.48. The largest absolute Gasteiger partial charge is 0.481 e. The van der Waals surface area contributed by atoms with Gasteiger partial charge in [-0.15, -0.1) is 0 Å².